The molecule has 2 heterocycles. The van der Waals surface area contributed by atoms with E-state index < -0.39 is 23.0 Å². The summed E-state index contributed by atoms with van der Waals surface area (Å²) >= 11 is 0. The molecule has 0 radical (unpaired) electrons. The van der Waals surface area contributed by atoms with Gasteiger partial charge in [-0.1, -0.05) is 6.07 Å². The fraction of sp³-hybridized carbons (Fsp3) is 0.385. The van der Waals surface area contributed by atoms with Crippen molar-refractivity contribution in [3.8, 4) is 11.4 Å². The van der Waals surface area contributed by atoms with Gasteiger partial charge in [-0.2, -0.15) is 18.3 Å². The number of rotatable bonds is 3. The largest absolute Gasteiger partial charge is 0.435 e. The summed E-state index contributed by atoms with van der Waals surface area (Å²) in [6.07, 6.45) is -4.56. The number of aromatic amines is 1. The minimum Gasteiger partial charge on any atom is -0.324 e. The molecule has 0 amide bonds. The van der Waals surface area contributed by atoms with Gasteiger partial charge in [-0.05, 0) is 26.0 Å². The molecule has 2 aromatic heterocycles. The van der Waals surface area contributed by atoms with Gasteiger partial charge in [-0.25, -0.2) is 0 Å². The average Bonchev–Trinajstić information content (AvgIpc) is 2.70. The SMILES string of the molecule is CC(C)(N)Cn1nc(C(F)(F)F)cc1-c1cccc(=O)[nH]1. The number of halogens is 3. The van der Waals surface area contributed by atoms with E-state index in [-0.39, 0.29) is 17.9 Å². The van der Waals surface area contributed by atoms with E-state index in [0.717, 1.165) is 10.7 Å². The van der Waals surface area contributed by atoms with Crippen molar-refractivity contribution in [1.29, 1.82) is 0 Å². The van der Waals surface area contributed by atoms with Gasteiger partial charge in [0.05, 0.1) is 17.9 Å². The summed E-state index contributed by atoms with van der Waals surface area (Å²) in [6, 6.07) is 5.16. The number of hydrogen-bond donors (Lipinski definition) is 2. The molecule has 8 heteroatoms. The monoisotopic (exact) mass is 300 g/mol. The molecule has 0 fully saturated rings. The first-order valence-corrected chi connectivity index (χ1v) is 6.20. The minimum absolute atomic E-state index is 0.0787. The Bertz CT molecular complexity index is 694. The van der Waals surface area contributed by atoms with Crippen molar-refractivity contribution < 1.29 is 13.2 Å². The summed E-state index contributed by atoms with van der Waals surface area (Å²) in [6.45, 7) is 3.44. The summed E-state index contributed by atoms with van der Waals surface area (Å²) in [5.41, 5.74) is 4.10. The van der Waals surface area contributed by atoms with E-state index in [1.165, 1.54) is 18.2 Å². The lowest BCUT2D eigenvalue weighted by Crippen LogP contribution is -2.37. The van der Waals surface area contributed by atoms with Gasteiger partial charge in [0.15, 0.2) is 5.69 Å². The smallest absolute Gasteiger partial charge is 0.324 e. The van der Waals surface area contributed by atoms with E-state index in [1.54, 1.807) is 13.8 Å². The maximum Gasteiger partial charge on any atom is 0.435 e. The standard InChI is InChI=1S/C13H15F3N4O/c1-12(2,17)7-20-9(6-10(19-20)13(14,15)16)8-4-3-5-11(21)18-8/h3-6H,7,17H2,1-2H3,(H,18,21). The average molecular weight is 300 g/mol. The molecule has 0 atom stereocenters. The van der Waals surface area contributed by atoms with Crippen molar-refractivity contribution >= 4 is 0 Å². The predicted octanol–water partition coefficient (Wildman–Crippen LogP) is 1.99. The van der Waals surface area contributed by atoms with E-state index in [2.05, 4.69) is 10.1 Å². The second-order valence-corrected chi connectivity index (χ2v) is 5.49. The molecule has 21 heavy (non-hydrogen) atoms. The fourth-order valence-corrected chi connectivity index (χ4v) is 1.88. The fourth-order valence-electron chi connectivity index (χ4n) is 1.88. The highest BCUT2D eigenvalue weighted by atomic mass is 19.4. The van der Waals surface area contributed by atoms with Gasteiger partial charge in [-0.15, -0.1) is 0 Å². The van der Waals surface area contributed by atoms with Gasteiger partial charge in [0.1, 0.15) is 0 Å². The zero-order valence-electron chi connectivity index (χ0n) is 11.5. The molecule has 5 nitrogen and oxygen atoms in total. The highest BCUT2D eigenvalue weighted by molar-refractivity contribution is 5.55. The van der Waals surface area contributed by atoms with Crippen LogP contribution in [0, 0.1) is 0 Å². The highest BCUT2D eigenvalue weighted by Crippen LogP contribution is 2.31. The lowest BCUT2D eigenvalue weighted by molar-refractivity contribution is -0.141. The van der Waals surface area contributed by atoms with E-state index in [4.69, 9.17) is 5.73 Å². The molecule has 0 aliphatic heterocycles. The zero-order chi connectivity index (χ0) is 15.8. The second-order valence-electron chi connectivity index (χ2n) is 5.49. The molecule has 0 bridgehead atoms. The molecule has 2 aromatic rings. The molecule has 114 valence electrons. The molecule has 0 saturated heterocycles. The predicted molar refractivity (Wildman–Crippen MR) is 71.6 cm³/mol. The van der Waals surface area contributed by atoms with Crippen LogP contribution in [0.25, 0.3) is 11.4 Å². The Balaban J connectivity index is 2.57. The third-order valence-corrected chi connectivity index (χ3v) is 2.67. The first-order chi connectivity index (χ1) is 9.56. The minimum atomic E-state index is -4.56. The number of nitrogens with two attached hydrogens (primary N) is 1. The van der Waals surface area contributed by atoms with E-state index in [0.29, 0.717) is 0 Å². The van der Waals surface area contributed by atoms with Crippen molar-refractivity contribution in [3.63, 3.8) is 0 Å². The summed E-state index contributed by atoms with van der Waals surface area (Å²) in [4.78, 5) is 13.8. The lowest BCUT2D eigenvalue weighted by Gasteiger charge is -2.19. The zero-order valence-corrected chi connectivity index (χ0v) is 11.5. The first kappa shape index (κ1) is 15.3. The van der Waals surface area contributed by atoms with Crippen molar-refractivity contribution in [1.82, 2.24) is 14.8 Å². The topological polar surface area (TPSA) is 76.7 Å². The molecular formula is C13H15F3N4O. The normalized spacial score (nSPS) is 12.7. The maximum absolute atomic E-state index is 12.8. The number of alkyl halides is 3. The van der Waals surface area contributed by atoms with Crippen molar-refractivity contribution in [2.75, 3.05) is 0 Å². The van der Waals surface area contributed by atoms with Crippen LogP contribution in [0.1, 0.15) is 19.5 Å². The molecule has 0 aliphatic carbocycles. The van der Waals surface area contributed by atoms with Gasteiger partial charge in [0.2, 0.25) is 5.56 Å². The van der Waals surface area contributed by atoms with Crippen LogP contribution in [0.2, 0.25) is 0 Å². The van der Waals surface area contributed by atoms with Gasteiger partial charge in [0.25, 0.3) is 0 Å². The molecule has 0 spiro atoms. The number of nitrogens with one attached hydrogen (secondary N) is 1. The van der Waals surface area contributed by atoms with Crippen LogP contribution in [0.5, 0.6) is 0 Å². The number of pyridine rings is 1. The van der Waals surface area contributed by atoms with Gasteiger partial charge < -0.3 is 10.7 Å². The van der Waals surface area contributed by atoms with Crippen LogP contribution in [0.3, 0.4) is 0 Å². The molecule has 0 saturated carbocycles. The van der Waals surface area contributed by atoms with Crippen LogP contribution >= 0.6 is 0 Å². The van der Waals surface area contributed by atoms with Gasteiger partial charge >= 0.3 is 6.18 Å². The molecule has 0 aliphatic rings. The van der Waals surface area contributed by atoms with E-state index in [1.807, 2.05) is 0 Å². The second kappa shape index (κ2) is 5.03. The Morgan fingerprint density at radius 2 is 2.00 bits per heavy atom. The molecule has 2 rings (SSSR count). The van der Waals surface area contributed by atoms with Crippen LogP contribution in [-0.4, -0.2) is 20.3 Å². The molecule has 0 unspecified atom stereocenters. The summed E-state index contributed by atoms with van der Waals surface area (Å²) < 4.78 is 39.7. The summed E-state index contributed by atoms with van der Waals surface area (Å²) in [5, 5.41) is 3.56. The Labute approximate surface area is 118 Å². The molecular weight excluding hydrogens is 285 g/mol. The Hall–Kier alpha value is -2.09. The van der Waals surface area contributed by atoms with Crippen molar-refractivity contribution in [3.05, 3.63) is 40.3 Å². The summed E-state index contributed by atoms with van der Waals surface area (Å²) in [7, 11) is 0. The molecule has 0 aromatic carbocycles. The van der Waals surface area contributed by atoms with E-state index >= 15 is 0 Å². The van der Waals surface area contributed by atoms with E-state index in [9.17, 15) is 18.0 Å². The summed E-state index contributed by atoms with van der Waals surface area (Å²) in [5.74, 6) is 0. The quantitative estimate of drug-likeness (QED) is 0.910. The van der Waals surface area contributed by atoms with Crippen molar-refractivity contribution in [2.24, 2.45) is 5.73 Å². The third-order valence-electron chi connectivity index (χ3n) is 2.67. The Morgan fingerprint density at radius 1 is 1.33 bits per heavy atom. The van der Waals surface area contributed by atoms with Crippen LogP contribution < -0.4 is 11.3 Å². The number of H-pyrrole nitrogens is 1. The van der Waals surface area contributed by atoms with Crippen LogP contribution in [0.15, 0.2) is 29.1 Å². The highest BCUT2D eigenvalue weighted by Gasteiger charge is 2.35. The van der Waals surface area contributed by atoms with Gasteiger partial charge in [-0.3, -0.25) is 9.48 Å². The van der Waals surface area contributed by atoms with Gasteiger partial charge in [0, 0.05) is 11.6 Å². The number of hydrogen-bond acceptors (Lipinski definition) is 3. The Kier molecular flexibility index (Phi) is 3.66. The number of aromatic nitrogens is 3. The Morgan fingerprint density at radius 3 is 2.52 bits per heavy atom. The molecule has 3 N–H and O–H groups in total. The number of nitrogens with zero attached hydrogens (tertiary/aromatic N) is 2. The van der Waals surface area contributed by atoms with Crippen LogP contribution in [-0.2, 0) is 12.7 Å². The van der Waals surface area contributed by atoms with Crippen molar-refractivity contribution in [2.45, 2.75) is 32.1 Å². The van der Waals surface area contributed by atoms with Crippen LogP contribution in [0.4, 0.5) is 13.2 Å². The third kappa shape index (κ3) is 3.72. The maximum atomic E-state index is 12.8. The first-order valence-electron chi connectivity index (χ1n) is 6.20. The lowest BCUT2D eigenvalue weighted by atomic mass is 10.1.